The van der Waals surface area contributed by atoms with Crippen molar-refractivity contribution < 1.29 is 28.7 Å². The van der Waals surface area contributed by atoms with Gasteiger partial charge in [0.1, 0.15) is 11.4 Å². The smallest absolute Gasteiger partial charge is 0.337 e. The molecule has 49 heavy (non-hydrogen) atoms. The van der Waals surface area contributed by atoms with Gasteiger partial charge < -0.3 is 20.1 Å². The van der Waals surface area contributed by atoms with Gasteiger partial charge in [0.2, 0.25) is 0 Å². The highest BCUT2D eigenvalue weighted by molar-refractivity contribution is 6.01. The highest BCUT2D eigenvalue weighted by Crippen LogP contribution is 2.19. The lowest BCUT2D eigenvalue weighted by molar-refractivity contribution is 0.0592. The van der Waals surface area contributed by atoms with Crippen molar-refractivity contribution in [3.63, 3.8) is 0 Å². The summed E-state index contributed by atoms with van der Waals surface area (Å²) in [5.41, 5.74) is 12.8. The number of carbonyl (C=O) groups is 4. The standard InChI is InChI=1S/C32H29N11O6/c1-48-31(46)22-7-3-20(4-8-22)16-42-18-27(37-40-42)14-34-29(44)24-11-25(13-26(12-24)36-39-33)30(45)35-15-28-19-43(41-38-28)17-21-5-9-23(10-6-21)32(47)49-2/h3-13,18-19H,14-17H2,1-2H3,(H,34,44)(H,35,45). The van der Waals surface area contributed by atoms with Crippen LogP contribution in [0.2, 0.25) is 0 Å². The molecular formula is C32H29N11O6. The average Bonchev–Trinajstić information content (AvgIpc) is 3.78. The van der Waals surface area contributed by atoms with E-state index in [1.54, 1.807) is 70.3 Å². The maximum atomic E-state index is 13.0. The quantitative estimate of drug-likeness (QED) is 0.0809. The Morgan fingerprint density at radius 3 is 1.51 bits per heavy atom. The van der Waals surface area contributed by atoms with E-state index in [0.29, 0.717) is 35.6 Å². The number of rotatable bonds is 13. The first-order valence-electron chi connectivity index (χ1n) is 14.6. The summed E-state index contributed by atoms with van der Waals surface area (Å²) >= 11 is 0. The van der Waals surface area contributed by atoms with Crippen LogP contribution in [0.5, 0.6) is 0 Å². The van der Waals surface area contributed by atoms with Crippen LogP contribution in [0.25, 0.3) is 10.4 Å². The molecule has 3 aromatic carbocycles. The molecule has 0 fully saturated rings. The Morgan fingerprint density at radius 2 is 1.12 bits per heavy atom. The number of benzene rings is 3. The Kier molecular flexibility index (Phi) is 10.7. The summed E-state index contributed by atoms with van der Waals surface area (Å²) < 4.78 is 12.6. The van der Waals surface area contributed by atoms with Crippen LogP contribution in [0.3, 0.4) is 0 Å². The lowest BCUT2D eigenvalue weighted by Gasteiger charge is -2.08. The van der Waals surface area contributed by atoms with Gasteiger partial charge in [0, 0.05) is 21.7 Å². The zero-order valence-electron chi connectivity index (χ0n) is 26.3. The van der Waals surface area contributed by atoms with Gasteiger partial charge in [-0.2, -0.15) is 0 Å². The van der Waals surface area contributed by atoms with Crippen molar-refractivity contribution in [2.24, 2.45) is 5.11 Å². The molecule has 5 rings (SSSR count). The predicted octanol–water partition coefficient (Wildman–Crippen LogP) is 3.34. The first-order valence-corrected chi connectivity index (χ1v) is 14.6. The van der Waals surface area contributed by atoms with Gasteiger partial charge in [-0.3, -0.25) is 9.59 Å². The minimum Gasteiger partial charge on any atom is -0.465 e. The van der Waals surface area contributed by atoms with Crippen LogP contribution in [0.4, 0.5) is 5.69 Å². The summed E-state index contributed by atoms with van der Waals surface area (Å²) in [6.45, 7) is 0.853. The predicted molar refractivity (Wildman–Crippen MR) is 171 cm³/mol. The molecule has 0 radical (unpaired) electrons. The van der Waals surface area contributed by atoms with Crippen LogP contribution in [0.1, 0.15) is 63.9 Å². The number of hydrogen-bond donors (Lipinski definition) is 2. The minimum absolute atomic E-state index is 0.0401. The Balaban J connectivity index is 1.17. The molecule has 0 saturated carbocycles. The van der Waals surface area contributed by atoms with E-state index in [1.807, 2.05) is 0 Å². The van der Waals surface area contributed by atoms with Gasteiger partial charge in [0.05, 0.1) is 63.9 Å². The van der Waals surface area contributed by atoms with E-state index in [1.165, 1.54) is 32.4 Å². The molecule has 0 spiro atoms. The van der Waals surface area contributed by atoms with Crippen molar-refractivity contribution in [3.05, 3.63) is 134 Å². The normalized spacial score (nSPS) is 10.5. The lowest BCUT2D eigenvalue weighted by Crippen LogP contribution is -2.25. The van der Waals surface area contributed by atoms with E-state index < -0.39 is 23.8 Å². The molecule has 0 unspecified atom stereocenters. The lowest BCUT2D eigenvalue weighted by atomic mass is 10.1. The molecule has 2 aromatic heterocycles. The number of aromatic nitrogens is 6. The fourth-order valence-electron chi connectivity index (χ4n) is 4.62. The maximum absolute atomic E-state index is 13.0. The molecule has 17 heteroatoms. The molecule has 0 aliphatic heterocycles. The van der Waals surface area contributed by atoms with Crippen LogP contribution in [0, 0.1) is 0 Å². The van der Waals surface area contributed by atoms with E-state index in [-0.39, 0.29) is 29.9 Å². The molecule has 5 aromatic rings. The number of methoxy groups -OCH3 is 2. The first-order chi connectivity index (χ1) is 23.7. The number of nitrogens with one attached hydrogen (secondary N) is 2. The zero-order valence-corrected chi connectivity index (χ0v) is 26.3. The van der Waals surface area contributed by atoms with Crippen molar-refractivity contribution in [2.45, 2.75) is 26.2 Å². The number of hydrogen-bond acceptors (Lipinski definition) is 11. The van der Waals surface area contributed by atoms with Crippen molar-refractivity contribution in [1.82, 2.24) is 40.6 Å². The summed E-state index contributed by atoms with van der Waals surface area (Å²) in [6.07, 6.45) is 3.33. The van der Waals surface area contributed by atoms with Gasteiger partial charge in [-0.05, 0) is 59.1 Å². The third-order valence-corrected chi connectivity index (χ3v) is 7.07. The highest BCUT2D eigenvalue weighted by Gasteiger charge is 2.15. The average molecular weight is 664 g/mol. The Hall–Kier alpha value is -6.87. The Morgan fingerprint density at radius 1 is 0.694 bits per heavy atom. The maximum Gasteiger partial charge on any atom is 0.337 e. The molecule has 2 amide bonds. The van der Waals surface area contributed by atoms with Crippen LogP contribution in [-0.4, -0.2) is 68.0 Å². The molecule has 2 N–H and O–H groups in total. The third kappa shape index (κ3) is 8.90. The summed E-state index contributed by atoms with van der Waals surface area (Å²) in [4.78, 5) is 52.1. The summed E-state index contributed by atoms with van der Waals surface area (Å²) in [5, 5.41) is 25.4. The molecule has 2 heterocycles. The summed E-state index contributed by atoms with van der Waals surface area (Å²) in [5.74, 6) is -1.91. The SMILES string of the molecule is COC(=O)c1ccc(Cn2cc(CNC(=O)c3cc(N=[N+]=[N-])cc(C(=O)NCc4cn(Cc5ccc(C(=O)OC)cc5)nn4)c3)nn2)cc1. The third-order valence-electron chi connectivity index (χ3n) is 7.07. The van der Waals surface area contributed by atoms with E-state index in [0.717, 1.165) is 11.1 Å². The van der Waals surface area contributed by atoms with Crippen LogP contribution >= 0.6 is 0 Å². The van der Waals surface area contributed by atoms with Crippen LogP contribution in [0.15, 0.2) is 84.2 Å². The number of carbonyl (C=O) groups excluding carboxylic acids is 4. The fraction of sp³-hybridized carbons (Fsp3) is 0.188. The second-order valence-corrected chi connectivity index (χ2v) is 10.5. The zero-order chi connectivity index (χ0) is 34.8. The van der Waals surface area contributed by atoms with Gasteiger partial charge in [-0.15, -0.1) is 10.2 Å². The minimum atomic E-state index is -0.528. The largest absolute Gasteiger partial charge is 0.465 e. The number of ether oxygens (including phenoxy) is 2. The second kappa shape index (κ2) is 15.6. The van der Waals surface area contributed by atoms with Gasteiger partial charge in [0.15, 0.2) is 0 Å². The molecule has 248 valence electrons. The Bertz CT molecular complexity index is 1900. The van der Waals surface area contributed by atoms with Crippen LogP contribution in [-0.2, 0) is 35.7 Å². The van der Waals surface area contributed by atoms with Gasteiger partial charge in [0.25, 0.3) is 11.8 Å². The molecule has 0 aliphatic carbocycles. The van der Waals surface area contributed by atoms with Crippen LogP contribution < -0.4 is 10.6 Å². The number of amides is 2. The fourth-order valence-corrected chi connectivity index (χ4v) is 4.62. The molecule has 17 nitrogen and oxygen atoms in total. The molecule has 0 aliphatic rings. The van der Waals surface area contributed by atoms with E-state index in [9.17, 15) is 19.2 Å². The molecule has 0 bridgehead atoms. The number of azide groups is 1. The van der Waals surface area contributed by atoms with Crippen molar-refractivity contribution in [1.29, 1.82) is 0 Å². The summed E-state index contributed by atoms with van der Waals surface area (Å²) in [7, 11) is 2.63. The van der Waals surface area contributed by atoms with Gasteiger partial charge >= 0.3 is 11.9 Å². The van der Waals surface area contributed by atoms with Gasteiger partial charge in [-0.25, -0.2) is 19.0 Å². The summed E-state index contributed by atoms with van der Waals surface area (Å²) in [6, 6.07) is 17.8. The van der Waals surface area contributed by atoms with Crippen molar-refractivity contribution >= 4 is 29.4 Å². The number of nitrogens with zero attached hydrogens (tertiary/aromatic N) is 9. The van der Waals surface area contributed by atoms with E-state index in [4.69, 9.17) is 15.0 Å². The molecule has 0 atom stereocenters. The Labute approximate surface area is 278 Å². The first kappa shape index (κ1) is 33.5. The highest BCUT2D eigenvalue weighted by atomic mass is 16.5. The topological polar surface area (TPSA) is 221 Å². The second-order valence-electron chi connectivity index (χ2n) is 10.5. The molecule has 0 saturated heterocycles. The number of esters is 2. The van der Waals surface area contributed by atoms with E-state index in [2.05, 4.69) is 41.3 Å². The van der Waals surface area contributed by atoms with Crippen molar-refractivity contribution in [3.8, 4) is 0 Å². The van der Waals surface area contributed by atoms with E-state index >= 15 is 0 Å². The molecular weight excluding hydrogens is 634 g/mol. The van der Waals surface area contributed by atoms with Gasteiger partial charge in [-0.1, -0.05) is 39.8 Å². The monoisotopic (exact) mass is 663 g/mol. The van der Waals surface area contributed by atoms with Crippen molar-refractivity contribution in [2.75, 3.05) is 14.2 Å².